The molecule has 0 atom stereocenters. The second-order valence-electron chi connectivity index (χ2n) is 4.33. The van der Waals surface area contributed by atoms with E-state index < -0.39 is 0 Å². The summed E-state index contributed by atoms with van der Waals surface area (Å²) in [6.07, 6.45) is 3.50. The maximum absolute atomic E-state index is 5.53. The van der Waals surface area contributed by atoms with E-state index in [0.717, 1.165) is 35.4 Å². The van der Waals surface area contributed by atoms with Crippen LogP contribution in [0.3, 0.4) is 0 Å². The highest BCUT2D eigenvalue weighted by Crippen LogP contribution is 2.23. The number of nitrogens with two attached hydrogens (primary N) is 1. The second kappa shape index (κ2) is 5.75. The van der Waals surface area contributed by atoms with E-state index in [1.165, 1.54) is 0 Å². The minimum absolute atomic E-state index is 0.632. The molecule has 2 rings (SSSR count). The molecule has 0 aliphatic carbocycles. The Morgan fingerprint density at radius 2 is 2.00 bits per heavy atom. The fourth-order valence-electron chi connectivity index (χ4n) is 2.08. The van der Waals surface area contributed by atoms with Crippen LogP contribution in [0.1, 0.15) is 30.7 Å². The molecule has 100 valence electrons. The molecule has 2 aromatic rings. The topological polar surface area (TPSA) is 76.7 Å². The van der Waals surface area contributed by atoms with Gasteiger partial charge in [0.1, 0.15) is 11.5 Å². The fraction of sp³-hybridized carbons (Fsp3) is 0.357. The summed E-state index contributed by atoms with van der Waals surface area (Å²) in [7, 11) is 0. The van der Waals surface area contributed by atoms with E-state index in [4.69, 9.17) is 5.84 Å². The third kappa shape index (κ3) is 2.56. The summed E-state index contributed by atoms with van der Waals surface area (Å²) < 4.78 is 0. The molecule has 0 saturated heterocycles. The number of nitrogen functional groups attached to an aromatic ring is 1. The summed E-state index contributed by atoms with van der Waals surface area (Å²) in [6.45, 7) is 6.13. The molecular formula is C14H19N5. The third-order valence-corrected chi connectivity index (χ3v) is 3.20. The number of hydrogen-bond donors (Lipinski definition) is 2. The Hall–Kier alpha value is -2.01. The van der Waals surface area contributed by atoms with Crippen LogP contribution in [-0.4, -0.2) is 15.0 Å². The Morgan fingerprint density at radius 1 is 1.21 bits per heavy atom. The number of rotatable bonds is 4. The van der Waals surface area contributed by atoms with Crippen molar-refractivity contribution in [1.29, 1.82) is 0 Å². The van der Waals surface area contributed by atoms with Crippen molar-refractivity contribution in [1.82, 2.24) is 15.0 Å². The van der Waals surface area contributed by atoms with Gasteiger partial charge in [0.2, 0.25) is 0 Å². The number of pyridine rings is 1. The summed E-state index contributed by atoms with van der Waals surface area (Å²) in [5, 5.41) is 0. The molecule has 0 bridgehead atoms. The van der Waals surface area contributed by atoms with Gasteiger partial charge < -0.3 is 5.43 Å². The molecular weight excluding hydrogens is 238 g/mol. The van der Waals surface area contributed by atoms with Crippen LogP contribution in [0.5, 0.6) is 0 Å². The Balaban J connectivity index is 2.62. The Morgan fingerprint density at radius 3 is 2.63 bits per heavy atom. The molecule has 5 heteroatoms. The van der Waals surface area contributed by atoms with Crippen LogP contribution in [0, 0.1) is 6.92 Å². The van der Waals surface area contributed by atoms with Gasteiger partial charge in [-0.15, -0.1) is 0 Å². The molecule has 19 heavy (non-hydrogen) atoms. The Bertz CT molecular complexity index is 555. The highest BCUT2D eigenvalue weighted by molar-refractivity contribution is 5.59. The molecule has 0 aromatic carbocycles. The average molecular weight is 257 g/mol. The summed E-state index contributed by atoms with van der Waals surface area (Å²) in [5.41, 5.74) is 6.58. The quantitative estimate of drug-likeness (QED) is 0.649. The number of anilines is 1. The molecule has 2 aromatic heterocycles. The zero-order valence-corrected chi connectivity index (χ0v) is 11.6. The van der Waals surface area contributed by atoms with Gasteiger partial charge in [0, 0.05) is 17.5 Å². The van der Waals surface area contributed by atoms with Crippen LogP contribution >= 0.6 is 0 Å². The van der Waals surface area contributed by atoms with Gasteiger partial charge >= 0.3 is 0 Å². The van der Waals surface area contributed by atoms with Gasteiger partial charge in [0.15, 0.2) is 5.82 Å². The smallest absolute Gasteiger partial charge is 0.180 e. The first kappa shape index (κ1) is 13.4. The van der Waals surface area contributed by atoms with Crippen molar-refractivity contribution in [2.45, 2.75) is 33.6 Å². The molecule has 0 radical (unpaired) electrons. The predicted octanol–water partition coefficient (Wildman–Crippen LogP) is 2.26. The first-order valence-corrected chi connectivity index (χ1v) is 6.49. The predicted molar refractivity (Wildman–Crippen MR) is 76.6 cm³/mol. The lowest BCUT2D eigenvalue weighted by Gasteiger charge is -2.12. The minimum Gasteiger partial charge on any atom is -0.308 e. The number of nitrogens with one attached hydrogen (secondary N) is 1. The fourth-order valence-corrected chi connectivity index (χ4v) is 2.08. The third-order valence-electron chi connectivity index (χ3n) is 3.20. The van der Waals surface area contributed by atoms with E-state index in [-0.39, 0.29) is 0 Å². The highest BCUT2D eigenvalue weighted by Gasteiger charge is 2.13. The number of aryl methyl sites for hydroxylation is 2. The van der Waals surface area contributed by atoms with E-state index in [1.54, 1.807) is 6.20 Å². The molecule has 0 fully saturated rings. The lowest BCUT2D eigenvalue weighted by molar-refractivity contribution is 0.961. The van der Waals surface area contributed by atoms with Crippen LogP contribution in [0.25, 0.3) is 11.5 Å². The maximum atomic E-state index is 5.53. The van der Waals surface area contributed by atoms with Crippen LogP contribution < -0.4 is 11.3 Å². The van der Waals surface area contributed by atoms with Crippen LogP contribution in [0.2, 0.25) is 0 Å². The van der Waals surface area contributed by atoms with Gasteiger partial charge in [-0.3, -0.25) is 4.98 Å². The van der Waals surface area contributed by atoms with Crippen molar-refractivity contribution in [3.05, 3.63) is 35.2 Å². The van der Waals surface area contributed by atoms with Crippen molar-refractivity contribution in [3.8, 4) is 11.5 Å². The van der Waals surface area contributed by atoms with E-state index in [9.17, 15) is 0 Å². The summed E-state index contributed by atoms with van der Waals surface area (Å²) >= 11 is 0. The van der Waals surface area contributed by atoms with Gasteiger partial charge in [-0.1, -0.05) is 19.9 Å². The van der Waals surface area contributed by atoms with Crippen molar-refractivity contribution in [2.24, 2.45) is 5.84 Å². The van der Waals surface area contributed by atoms with Crippen molar-refractivity contribution < 1.29 is 0 Å². The molecule has 0 amide bonds. The van der Waals surface area contributed by atoms with E-state index in [2.05, 4.69) is 34.2 Å². The number of aromatic nitrogens is 3. The van der Waals surface area contributed by atoms with Gasteiger partial charge in [-0.2, -0.15) is 0 Å². The zero-order chi connectivity index (χ0) is 13.8. The second-order valence-corrected chi connectivity index (χ2v) is 4.33. The van der Waals surface area contributed by atoms with Gasteiger partial charge in [0.25, 0.3) is 0 Å². The van der Waals surface area contributed by atoms with Crippen molar-refractivity contribution in [3.63, 3.8) is 0 Å². The van der Waals surface area contributed by atoms with E-state index in [0.29, 0.717) is 11.6 Å². The summed E-state index contributed by atoms with van der Waals surface area (Å²) in [6, 6.07) is 3.98. The first-order chi connectivity index (χ1) is 9.21. The average Bonchev–Trinajstić information content (AvgIpc) is 2.47. The summed E-state index contributed by atoms with van der Waals surface area (Å²) in [5.74, 6) is 6.82. The number of nitrogens with zero attached hydrogens (tertiary/aromatic N) is 3. The maximum Gasteiger partial charge on any atom is 0.180 e. The molecule has 0 saturated carbocycles. The van der Waals surface area contributed by atoms with Crippen LogP contribution in [-0.2, 0) is 12.8 Å². The van der Waals surface area contributed by atoms with Gasteiger partial charge in [0.05, 0.1) is 0 Å². The number of hydrazine groups is 1. The minimum atomic E-state index is 0.632. The molecule has 0 spiro atoms. The van der Waals surface area contributed by atoms with E-state index in [1.807, 2.05) is 19.1 Å². The molecule has 0 aliphatic heterocycles. The van der Waals surface area contributed by atoms with Crippen molar-refractivity contribution >= 4 is 5.82 Å². The Kier molecular flexibility index (Phi) is 4.06. The molecule has 3 N–H and O–H groups in total. The molecule has 0 unspecified atom stereocenters. The summed E-state index contributed by atoms with van der Waals surface area (Å²) in [4.78, 5) is 13.5. The SMILES string of the molecule is CCc1cccnc1-c1nc(CC)c(C)c(NN)n1. The Labute approximate surface area is 113 Å². The largest absolute Gasteiger partial charge is 0.308 e. The lowest BCUT2D eigenvalue weighted by atomic mass is 10.1. The monoisotopic (exact) mass is 257 g/mol. The van der Waals surface area contributed by atoms with Crippen molar-refractivity contribution in [2.75, 3.05) is 5.43 Å². The molecule has 2 heterocycles. The lowest BCUT2D eigenvalue weighted by Crippen LogP contribution is -2.13. The zero-order valence-electron chi connectivity index (χ0n) is 11.6. The standard InChI is InChI=1S/C14H19N5/c1-4-10-7-6-8-16-12(10)14-17-11(5-2)9(3)13(18-14)19-15/h6-8H,4-5,15H2,1-3H3,(H,17,18,19). The molecule has 5 nitrogen and oxygen atoms in total. The van der Waals surface area contributed by atoms with Gasteiger partial charge in [-0.25, -0.2) is 15.8 Å². The van der Waals surface area contributed by atoms with Crippen LogP contribution in [0.4, 0.5) is 5.82 Å². The normalized spacial score (nSPS) is 10.5. The van der Waals surface area contributed by atoms with Gasteiger partial charge in [-0.05, 0) is 31.4 Å². The first-order valence-electron chi connectivity index (χ1n) is 6.49. The van der Waals surface area contributed by atoms with E-state index >= 15 is 0 Å². The molecule has 0 aliphatic rings. The highest BCUT2D eigenvalue weighted by atomic mass is 15.3. The van der Waals surface area contributed by atoms with Crippen LogP contribution in [0.15, 0.2) is 18.3 Å². The number of hydrogen-bond acceptors (Lipinski definition) is 5.